The Labute approximate surface area is 116 Å². The summed E-state index contributed by atoms with van der Waals surface area (Å²) in [5, 5.41) is 3.46. The molecule has 0 bridgehead atoms. The van der Waals surface area contributed by atoms with Crippen LogP contribution in [0.2, 0.25) is 0 Å². The maximum atomic E-state index is 5.40. The van der Waals surface area contributed by atoms with Crippen LogP contribution in [0.25, 0.3) is 0 Å². The van der Waals surface area contributed by atoms with Gasteiger partial charge in [-0.25, -0.2) is 0 Å². The number of para-hydroxylation sites is 1. The number of benzene rings is 1. The van der Waals surface area contributed by atoms with E-state index in [1.165, 1.54) is 12.0 Å². The lowest BCUT2D eigenvalue weighted by Crippen LogP contribution is -2.36. The van der Waals surface area contributed by atoms with Gasteiger partial charge in [0.1, 0.15) is 5.75 Å². The molecule has 0 amide bonds. The SMILES string of the molecule is COc1ccccc1CCN(C)CC1(C)CCNC1. The minimum absolute atomic E-state index is 0.440. The zero-order valence-electron chi connectivity index (χ0n) is 12.4. The third-order valence-corrected chi connectivity index (χ3v) is 4.06. The summed E-state index contributed by atoms with van der Waals surface area (Å²) in [5.41, 5.74) is 1.74. The maximum Gasteiger partial charge on any atom is 0.122 e. The van der Waals surface area contributed by atoms with Gasteiger partial charge in [-0.15, -0.1) is 0 Å². The topological polar surface area (TPSA) is 24.5 Å². The molecule has 1 aromatic carbocycles. The fourth-order valence-electron chi connectivity index (χ4n) is 2.96. The smallest absolute Gasteiger partial charge is 0.122 e. The van der Waals surface area contributed by atoms with Crippen LogP contribution in [0.4, 0.5) is 0 Å². The van der Waals surface area contributed by atoms with Crippen LogP contribution in [0.1, 0.15) is 18.9 Å². The van der Waals surface area contributed by atoms with Gasteiger partial charge in [-0.05, 0) is 43.5 Å². The van der Waals surface area contributed by atoms with Gasteiger partial charge < -0.3 is 15.0 Å². The van der Waals surface area contributed by atoms with Crippen molar-refractivity contribution in [2.45, 2.75) is 19.8 Å². The molecule has 3 nitrogen and oxygen atoms in total. The molecule has 3 heteroatoms. The first-order valence-electron chi connectivity index (χ1n) is 7.14. The first kappa shape index (κ1) is 14.4. The summed E-state index contributed by atoms with van der Waals surface area (Å²) in [6, 6.07) is 8.31. The molecule has 0 saturated carbocycles. The average molecular weight is 262 g/mol. The van der Waals surface area contributed by atoms with E-state index in [0.717, 1.165) is 38.3 Å². The monoisotopic (exact) mass is 262 g/mol. The number of hydrogen-bond acceptors (Lipinski definition) is 3. The quantitative estimate of drug-likeness (QED) is 0.850. The van der Waals surface area contributed by atoms with Crippen LogP contribution in [0.5, 0.6) is 5.75 Å². The molecule has 1 aliphatic rings. The summed E-state index contributed by atoms with van der Waals surface area (Å²) in [6.07, 6.45) is 2.33. The van der Waals surface area contributed by atoms with Crippen molar-refractivity contribution < 1.29 is 4.74 Å². The normalized spacial score (nSPS) is 22.9. The van der Waals surface area contributed by atoms with Crippen molar-refractivity contribution in [1.29, 1.82) is 0 Å². The van der Waals surface area contributed by atoms with E-state index in [1.54, 1.807) is 7.11 Å². The zero-order valence-corrected chi connectivity index (χ0v) is 12.4. The number of methoxy groups -OCH3 is 1. The summed E-state index contributed by atoms with van der Waals surface area (Å²) in [6.45, 7) is 6.93. The number of nitrogens with one attached hydrogen (secondary N) is 1. The van der Waals surface area contributed by atoms with Gasteiger partial charge in [-0.3, -0.25) is 0 Å². The van der Waals surface area contributed by atoms with Crippen LogP contribution in [0, 0.1) is 5.41 Å². The van der Waals surface area contributed by atoms with Crippen molar-refractivity contribution >= 4 is 0 Å². The maximum absolute atomic E-state index is 5.40. The van der Waals surface area contributed by atoms with E-state index in [1.807, 2.05) is 12.1 Å². The highest BCUT2D eigenvalue weighted by Crippen LogP contribution is 2.25. The van der Waals surface area contributed by atoms with Crippen LogP contribution >= 0.6 is 0 Å². The summed E-state index contributed by atoms with van der Waals surface area (Å²) >= 11 is 0. The Balaban J connectivity index is 1.84. The predicted octanol–water partition coefficient (Wildman–Crippen LogP) is 2.17. The van der Waals surface area contributed by atoms with Gasteiger partial charge in [0.25, 0.3) is 0 Å². The van der Waals surface area contributed by atoms with E-state index < -0.39 is 0 Å². The van der Waals surface area contributed by atoms with Crippen molar-refractivity contribution in [3.8, 4) is 5.75 Å². The van der Waals surface area contributed by atoms with Crippen molar-refractivity contribution in [3.05, 3.63) is 29.8 Å². The molecule has 106 valence electrons. The number of hydrogen-bond donors (Lipinski definition) is 1. The van der Waals surface area contributed by atoms with Crippen molar-refractivity contribution in [2.75, 3.05) is 40.3 Å². The lowest BCUT2D eigenvalue weighted by atomic mass is 9.89. The number of nitrogens with zero attached hydrogens (tertiary/aromatic N) is 1. The number of rotatable bonds is 6. The van der Waals surface area contributed by atoms with Crippen LogP contribution in [-0.2, 0) is 6.42 Å². The Kier molecular flexibility index (Phi) is 4.83. The van der Waals surface area contributed by atoms with Crippen molar-refractivity contribution in [3.63, 3.8) is 0 Å². The predicted molar refractivity (Wildman–Crippen MR) is 79.8 cm³/mol. The minimum Gasteiger partial charge on any atom is -0.496 e. The lowest BCUT2D eigenvalue weighted by molar-refractivity contribution is 0.210. The Morgan fingerprint density at radius 3 is 2.84 bits per heavy atom. The van der Waals surface area contributed by atoms with E-state index in [9.17, 15) is 0 Å². The highest BCUT2D eigenvalue weighted by molar-refractivity contribution is 5.33. The Morgan fingerprint density at radius 1 is 1.37 bits per heavy atom. The Morgan fingerprint density at radius 2 is 2.16 bits per heavy atom. The molecule has 0 spiro atoms. The number of likely N-dealkylation sites (N-methyl/N-ethyl adjacent to an activating group) is 1. The molecule has 1 heterocycles. The molecule has 19 heavy (non-hydrogen) atoms. The summed E-state index contributed by atoms with van der Waals surface area (Å²) in [7, 11) is 3.97. The van der Waals surface area contributed by atoms with E-state index in [-0.39, 0.29) is 0 Å². The molecule has 1 saturated heterocycles. The molecule has 0 aliphatic carbocycles. The largest absolute Gasteiger partial charge is 0.496 e. The van der Waals surface area contributed by atoms with Crippen LogP contribution in [0.3, 0.4) is 0 Å². The Bertz CT molecular complexity index is 399. The lowest BCUT2D eigenvalue weighted by Gasteiger charge is -2.29. The highest BCUT2D eigenvalue weighted by Gasteiger charge is 2.29. The van der Waals surface area contributed by atoms with Gasteiger partial charge in [0.05, 0.1) is 7.11 Å². The first-order valence-corrected chi connectivity index (χ1v) is 7.14. The summed E-state index contributed by atoms with van der Waals surface area (Å²) in [4.78, 5) is 2.44. The fraction of sp³-hybridized carbons (Fsp3) is 0.625. The third-order valence-electron chi connectivity index (χ3n) is 4.06. The second kappa shape index (κ2) is 6.40. The second-order valence-corrected chi connectivity index (χ2v) is 6.04. The van der Waals surface area contributed by atoms with Crippen LogP contribution < -0.4 is 10.1 Å². The molecule has 1 atom stereocenters. The van der Waals surface area contributed by atoms with Crippen molar-refractivity contribution in [2.24, 2.45) is 5.41 Å². The highest BCUT2D eigenvalue weighted by atomic mass is 16.5. The summed E-state index contributed by atoms with van der Waals surface area (Å²) in [5.74, 6) is 1.00. The molecule has 2 rings (SSSR count). The van der Waals surface area contributed by atoms with Gasteiger partial charge >= 0.3 is 0 Å². The van der Waals surface area contributed by atoms with Crippen LogP contribution in [0.15, 0.2) is 24.3 Å². The van der Waals surface area contributed by atoms with Gasteiger partial charge in [0, 0.05) is 19.6 Å². The van der Waals surface area contributed by atoms with E-state index >= 15 is 0 Å². The standard InChI is InChI=1S/C16H26N2O/c1-16(9-10-17-12-16)13-18(2)11-8-14-6-4-5-7-15(14)19-3/h4-7,17H,8-13H2,1-3H3. The molecule has 0 aromatic heterocycles. The zero-order chi connectivity index (χ0) is 13.7. The molecule has 1 unspecified atom stereocenters. The fourth-order valence-corrected chi connectivity index (χ4v) is 2.96. The van der Waals surface area contributed by atoms with E-state index in [4.69, 9.17) is 4.74 Å². The minimum atomic E-state index is 0.440. The van der Waals surface area contributed by atoms with Crippen LogP contribution in [-0.4, -0.2) is 45.2 Å². The molecule has 0 radical (unpaired) electrons. The summed E-state index contributed by atoms with van der Waals surface area (Å²) < 4.78 is 5.40. The van der Waals surface area contributed by atoms with Gasteiger partial charge in [-0.1, -0.05) is 25.1 Å². The molecule has 1 aliphatic heterocycles. The van der Waals surface area contributed by atoms with Gasteiger partial charge in [0.15, 0.2) is 0 Å². The third kappa shape index (κ3) is 3.95. The van der Waals surface area contributed by atoms with E-state index in [2.05, 4.69) is 36.3 Å². The van der Waals surface area contributed by atoms with Gasteiger partial charge in [0.2, 0.25) is 0 Å². The molecular formula is C16H26N2O. The molecule has 1 fully saturated rings. The van der Waals surface area contributed by atoms with Gasteiger partial charge in [-0.2, -0.15) is 0 Å². The average Bonchev–Trinajstić information content (AvgIpc) is 2.83. The Hall–Kier alpha value is -1.06. The van der Waals surface area contributed by atoms with Crippen molar-refractivity contribution in [1.82, 2.24) is 10.2 Å². The van der Waals surface area contributed by atoms with E-state index in [0.29, 0.717) is 5.41 Å². The number of ether oxygens (including phenoxy) is 1. The molecular weight excluding hydrogens is 236 g/mol. The second-order valence-electron chi connectivity index (χ2n) is 6.04. The molecule has 1 aromatic rings. The molecule has 1 N–H and O–H groups in total. The first-order chi connectivity index (χ1) is 9.13.